The molecule has 190 valence electrons. The van der Waals surface area contributed by atoms with Gasteiger partial charge in [-0.2, -0.15) is 0 Å². The van der Waals surface area contributed by atoms with E-state index in [1.54, 1.807) is 0 Å². The number of rotatable bonds is 2. The molecule has 0 radical (unpaired) electrons. The van der Waals surface area contributed by atoms with Gasteiger partial charge in [0.2, 0.25) is 0 Å². The minimum absolute atomic E-state index is 0.913. The summed E-state index contributed by atoms with van der Waals surface area (Å²) in [7, 11) is 0. The summed E-state index contributed by atoms with van der Waals surface area (Å²) in [6.45, 7) is 0. The van der Waals surface area contributed by atoms with Crippen molar-refractivity contribution in [3.8, 4) is 44.9 Å². The normalized spacial score (nSPS) is 12.1. The van der Waals surface area contributed by atoms with E-state index in [9.17, 15) is 0 Å². The summed E-state index contributed by atoms with van der Waals surface area (Å²) in [6, 6.07) is 52.5. The molecule has 0 saturated carbocycles. The monoisotopic (exact) mass is 520 g/mol. The Kier molecular flexibility index (Phi) is 4.67. The van der Waals surface area contributed by atoms with Crippen molar-refractivity contribution < 1.29 is 4.74 Å². The first kappa shape index (κ1) is 22.4. The first-order valence-corrected chi connectivity index (χ1v) is 14.1. The third-order valence-corrected chi connectivity index (χ3v) is 8.66. The first-order valence-electron chi connectivity index (χ1n) is 14.1. The third kappa shape index (κ3) is 3.18. The van der Waals surface area contributed by atoms with Crippen molar-refractivity contribution >= 4 is 43.1 Å². The number of benzene rings is 8. The smallest absolute Gasteiger partial charge is 0.135 e. The average Bonchev–Trinajstić information content (AvgIpc) is 3.04. The van der Waals surface area contributed by atoms with Crippen LogP contribution in [0.4, 0.5) is 0 Å². The maximum Gasteiger partial charge on any atom is 0.135 e. The van der Waals surface area contributed by atoms with Crippen LogP contribution in [0.5, 0.6) is 11.5 Å². The zero-order chi connectivity index (χ0) is 26.9. The lowest BCUT2D eigenvalue weighted by Crippen LogP contribution is -1.98. The fourth-order valence-corrected chi connectivity index (χ4v) is 6.95. The van der Waals surface area contributed by atoms with Crippen molar-refractivity contribution in [1.29, 1.82) is 0 Å². The predicted molar refractivity (Wildman–Crippen MR) is 173 cm³/mol. The minimum Gasteiger partial charge on any atom is -0.456 e. The maximum absolute atomic E-state index is 6.43. The number of hydrogen-bond donors (Lipinski definition) is 0. The number of fused-ring (bicyclic) bond motifs is 5. The summed E-state index contributed by atoms with van der Waals surface area (Å²) in [4.78, 5) is 0. The van der Waals surface area contributed by atoms with Crippen molar-refractivity contribution in [3.63, 3.8) is 0 Å². The molecule has 1 aliphatic heterocycles. The number of ether oxygens (including phenoxy) is 1. The molecule has 1 heterocycles. The fraction of sp³-hybridized carbons (Fsp3) is 0. The van der Waals surface area contributed by atoms with Gasteiger partial charge in [-0.15, -0.1) is 0 Å². The van der Waals surface area contributed by atoms with Crippen LogP contribution >= 0.6 is 0 Å². The van der Waals surface area contributed by atoms with E-state index in [4.69, 9.17) is 4.74 Å². The van der Waals surface area contributed by atoms with E-state index >= 15 is 0 Å². The summed E-state index contributed by atoms with van der Waals surface area (Å²) < 4.78 is 6.43. The van der Waals surface area contributed by atoms with Crippen LogP contribution in [0.1, 0.15) is 0 Å². The zero-order valence-corrected chi connectivity index (χ0v) is 22.3. The maximum atomic E-state index is 6.43. The van der Waals surface area contributed by atoms with Crippen LogP contribution in [-0.4, -0.2) is 0 Å². The van der Waals surface area contributed by atoms with E-state index < -0.39 is 0 Å². The zero-order valence-electron chi connectivity index (χ0n) is 22.3. The number of para-hydroxylation sites is 1. The third-order valence-electron chi connectivity index (χ3n) is 8.66. The van der Waals surface area contributed by atoms with Gasteiger partial charge in [-0.25, -0.2) is 0 Å². The van der Waals surface area contributed by atoms with E-state index in [2.05, 4.69) is 140 Å². The highest BCUT2D eigenvalue weighted by molar-refractivity contribution is 6.26. The molecule has 0 fully saturated rings. The lowest BCUT2D eigenvalue weighted by Gasteiger charge is -2.24. The van der Waals surface area contributed by atoms with Gasteiger partial charge in [0.25, 0.3) is 0 Å². The second-order valence-corrected chi connectivity index (χ2v) is 10.8. The van der Waals surface area contributed by atoms with Gasteiger partial charge in [0, 0.05) is 10.9 Å². The van der Waals surface area contributed by atoms with Gasteiger partial charge in [0.1, 0.15) is 11.5 Å². The predicted octanol–water partition coefficient (Wildman–Crippen LogP) is 11.4. The largest absolute Gasteiger partial charge is 0.456 e. The standard InChI is InChI=1S/C40H24O/c1-2-13-26-25(11-1)12-9-19-28(26)38-30-15-3-5-17-32(30)39(33-18-6-4-16-31(33)38)35-23-24-37-40-29(20-10-21-34(35)40)27-14-7-8-22-36(27)41-37/h1-24H. The van der Waals surface area contributed by atoms with E-state index in [1.807, 2.05) is 6.07 Å². The highest BCUT2D eigenvalue weighted by Gasteiger charge is 2.23. The van der Waals surface area contributed by atoms with Gasteiger partial charge in [0.05, 0.1) is 0 Å². The molecule has 0 N–H and O–H groups in total. The van der Waals surface area contributed by atoms with Crippen molar-refractivity contribution in [2.24, 2.45) is 0 Å². The first-order chi connectivity index (χ1) is 20.4. The van der Waals surface area contributed by atoms with Crippen LogP contribution in [-0.2, 0) is 0 Å². The SMILES string of the molecule is c1ccc2c(c1)Oc1ccc(-c3c4ccccc4c(-c4cccc5ccccc45)c4ccccc34)c3cccc-2c13. The quantitative estimate of drug-likeness (QED) is 0.206. The molecule has 1 heteroatoms. The van der Waals surface area contributed by atoms with Gasteiger partial charge >= 0.3 is 0 Å². The van der Waals surface area contributed by atoms with Gasteiger partial charge in [-0.3, -0.25) is 0 Å². The molecular weight excluding hydrogens is 496 g/mol. The van der Waals surface area contributed by atoms with Crippen molar-refractivity contribution in [3.05, 3.63) is 146 Å². The molecule has 9 rings (SSSR count). The Labute approximate surface area is 237 Å². The summed E-state index contributed by atoms with van der Waals surface area (Å²) in [5.74, 6) is 1.83. The Morgan fingerprint density at radius 2 is 0.780 bits per heavy atom. The molecule has 0 aromatic heterocycles. The summed E-state index contributed by atoms with van der Waals surface area (Å²) in [6.07, 6.45) is 0. The fourth-order valence-electron chi connectivity index (χ4n) is 6.95. The Morgan fingerprint density at radius 3 is 1.51 bits per heavy atom. The summed E-state index contributed by atoms with van der Waals surface area (Å²) in [5, 5.41) is 9.96. The molecule has 0 bridgehead atoms. The van der Waals surface area contributed by atoms with Crippen LogP contribution in [0, 0.1) is 0 Å². The molecule has 1 aliphatic rings. The van der Waals surface area contributed by atoms with Crippen molar-refractivity contribution in [2.75, 3.05) is 0 Å². The highest BCUT2D eigenvalue weighted by Crippen LogP contribution is 2.51. The molecule has 0 spiro atoms. The van der Waals surface area contributed by atoms with Crippen LogP contribution in [0.2, 0.25) is 0 Å². The summed E-state index contributed by atoms with van der Waals surface area (Å²) >= 11 is 0. The molecule has 0 amide bonds. The van der Waals surface area contributed by atoms with Crippen LogP contribution in [0.25, 0.3) is 76.5 Å². The van der Waals surface area contributed by atoms with E-state index in [0.717, 1.165) is 17.1 Å². The molecule has 0 aliphatic carbocycles. The summed E-state index contributed by atoms with van der Waals surface area (Å²) in [5.41, 5.74) is 7.42. The van der Waals surface area contributed by atoms with Gasteiger partial charge in [0.15, 0.2) is 0 Å². The molecule has 8 aromatic rings. The van der Waals surface area contributed by atoms with Crippen molar-refractivity contribution in [2.45, 2.75) is 0 Å². The molecule has 0 saturated heterocycles. The van der Waals surface area contributed by atoms with E-state index in [-0.39, 0.29) is 0 Å². The van der Waals surface area contributed by atoms with Crippen LogP contribution in [0.3, 0.4) is 0 Å². The second kappa shape index (κ2) is 8.55. The molecule has 1 nitrogen and oxygen atoms in total. The Morgan fingerprint density at radius 1 is 0.293 bits per heavy atom. The van der Waals surface area contributed by atoms with Gasteiger partial charge in [-0.05, 0) is 83.7 Å². The Bertz CT molecular complexity index is 2280. The second-order valence-electron chi connectivity index (χ2n) is 10.8. The average molecular weight is 521 g/mol. The molecular formula is C40H24O. The van der Waals surface area contributed by atoms with Gasteiger partial charge in [-0.1, -0.05) is 127 Å². The Hall–Kier alpha value is -5.40. The Balaban J connectivity index is 1.43. The van der Waals surface area contributed by atoms with Crippen molar-refractivity contribution in [1.82, 2.24) is 0 Å². The van der Waals surface area contributed by atoms with Crippen LogP contribution < -0.4 is 4.74 Å². The topological polar surface area (TPSA) is 9.23 Å². The highest BCUT2D eigenvalue weighted by atomic mass is 16.5. The lowest BCUT2D eigenvalue weighted by molar-refractivity contribution is 0.487. The molecule has 41 heavy (non-hydrogen) atoms. The number of hydrogen-bond acceptors (Lipinski definition) is 1. The molecule has 8 aromatic carbocycles. The minimum atomic E-state index is 0.913. The van der Waals surface area contributed by atoms with E-state index in [1.165, 1.54) is 70.9 Å². The molecule has 0 atom stereocenters. The lowest BCUT2D eigenvalue weighted by atomic mass is 9.83. The molecule has 0 unspecified atom stereocenters. The van der Waals surface area contributed by atoms with E-state index in [0.29, 0.717) is 0 Å². The van der Waals surface area contributed by atoms with Gasteiger partial charge < -0.3 is 4.74 Å². The van der Waals surface area contributed by atoms with Crippen LogP contribution in [0.15, 0.2) is 146 Å².